The molecule has 4 rings (SSSR count). The predicted molar refractivity (Wildman–Crippen MR) is 137 cm³/mol. The molecule has 0 saturated carbocycles. The molecule has 0 aliphatic carbocycles. The Labute approximate surface area is 208 Å². The molecule has 4 aromatic rings. The number of carbonyl (C=O) groups is 1. The second-order valence-electron chi connectivity index (χ2n) is 8.79. The first-order valence-electron chi connectivity index (χ1n) is 11.6. The van der Waals surface area contributed by atoms with Crippen LogP contribution in [0.25, 0.3) is 22.5 Å². The van der Waals surface area contributed by atoms with Crippen molar-refractivity contribution in [2.24, 2.45) is 0 Å². The van der Waals surface area contributed by atoms with Crippen molar-refractivity contribution in [1.82, 2.24) is 9.97 Å². The van der Waals surface area contributed by atoms with E-state index in [0.29, 0.717) is 17.1 Å². The third-order valence-corrected chi connectivity index (χ3v) is 6.25. The number of aryl methyl sites for hydroxylation is 3. The van der Waals surface area contributed by atoms with Crippen LogP contribution in [0, 0.1) is 32.1 Å². The van der Waals surface area contributed by atoms with E-state index in [-0.39, 0.29) is 23.4 Å². The first kappa shape index (κ1) is 24.8. The number of halogens is 2. The largest absolute Gasteiger partial charge is 0.341 e. The average Bonchev–Trinajstić information content (AvgIpc) is 3.25. The number of aromatic nitrogens is 2. The lowest BCUT2D eigenvalue weighted by atomic mass is 9.91. The molecule has 0 aliphatic heterocycles. The summed E-state index contributed by atoms with van der Waals surface area (Å²) in [7, 11) is 0. The molecule has 0 fully saturated rings. The molecule has 1 amide bonds. The second kappa shape index (κ2) is 9.74. The highest BCUT2D eigenvalue weighted by atomic mass is 19.3. The van der Waals surface area contributed by atoms with E-state index in [1.54, 1.807) is 25.1 Å². The van der Waals surface area contributed by atoms with Crippen molar-refractivity contribution in [3.05, 3.63) is 94.3 Å². The van der Waals surface area contributed by atoms with Crippen molar-refractivity contribution < 1.29 is 13.6 Å². The van der Waals surface area contributed by atoms with Gasteiger partial charge in [0.1, 0.15) is 11.5 Å². The highest BCUT2D eigenvalue weighted by Gasteiger charge is 2.29. The average molecular weight is 485 g/mol. The number of amides is 1. The third kappa shape index (κ3) is 4.76. The van der Waals surface area contributed by atoms with Gasteiger partial charge in [-0.05, 0) is 67.8 Å². The monoisotopic (exact) mass is 484 g/mol. The number of nitriles is 1. The van der Waals surface area contributed by atoms with Gasteiger partial charge in [0.15, 0.2) is 0 Å². The van der Waals surface area contributed by atoms with Gasteiger partial charge in [-0.1, -0.05) is 37.3 Å². The van der Waals surface area contributed by atoms with Gasteiger partial charge in [-0.3, -0.25) is 4.79 Å². The smallest absolute Gasteiger partial charge is 0.276 e. The van der Waals surface area contributed by atoms with E-state index in [4.69, 9.17) is 0 Å². The van der Waals surface area contributed by atoms with Crippen LogP contribution in [0.15, 0.2) is 60.7 Å². The van der Waals surface area contributed by atoms with Crippen LogP contribution < -0.4 is 5.32 Å². The fourth-order valence-electron chi connectivity index (χ4n) is 4.27. The summed E-state index contributed by atoms with van der Waals surface area (Å²) in [5.74, 6) is -3.00. The van der Waals surface area contributed by atoms with E-state index < -0.39 is 11.8 Å². The zero-order valence-corrected chi connectivity index (χ0v) is 20.5. The zero-order chi connectivity index (χ0) is 26.0. The first-order chi connectivity index (χ1) is 17.1. The Balaban J connectivity index is 1.67. The summed E-state index contributed by atoms with van der Waals surface area (Å²) < 4.78 is 28.2. The highest BCUT2D eigenvalue weighted by Crippen LogP contribution is 2.34. The Bertz CT molecular complexity index is 1480. The molecule has 2 N–H and O–H groups in total. The lowest BCUT2D eigenvalue weighted by Crippen LogP contribution is -2.15. The van der Waals surface area contributed by atoms with Gasteiger partial charge in [0.05, 0.1) is 11.6 Å². The van der Waals surface area contributed by atoms with Crippen LogP contribution in [0.1, 0.15) is 51.8 Å². The van der Waals surface area contributed by atoms with Crippen molar-refractivity contribution in [1.29, 1.82) is 5.26 Å². The molecule has 5 nitrogen and oxygen atoms in total. The standard InChI is InChI=1S/C29H26F2N4O/c1-5-29(30,31)22-10-7-11-23(15-22)34-28(36)26-19(4)33-27(35-26)20-12-13-21(16-32)24(14-20)25-17(2)8-6-9-18(25)3/h6-15H,5H2,1-4H3,(H,33,35)(H,34,36). The molecule has 0 saturated heterocycles. The molecule has 3 aromatic carbocycles. The minimum absolute atomic E-state index is 0.154. The number of imidazole rings is 1. The van der Waals surface area contributed by atoms with Crippen molar-refractivity contribution in [3.63, 3.8) is 0 Å². The van der Waals surface area contributed by atoms with E-state index in [1.165, 1.54) is 25.1 Å². The lowest BCUT2D eigenvalue weighted by molar-refractivity contribution is -0.00824. The van der Waals surface area contributed by atoms with Crippen LogP contribution in [-0.2, 0) is 5.92 Å². The van der Waals surface area contributed by atoms with E-state index in [1.807, 2.05) is 38.1 Å². The van der Waals surface area contributed by atoms with Crippen LogP contribution in [0.4, 0.5) is 14.5 Å². The fourth-order valence-corrected chi connectivity index (χ4v) is 4.27. The molecule has 182 valence electrons. The number of hydrogen-bond acceptors (Lipinski definition) is 3. The maximum atomic E-state index is 14.1. The van der Waals surface area contributed by atoms with E-state index >= 15 is 0 Å². The Morgan fingerprint density at radius 3 is 2.42 bits per heavy atom. The number of nitrogens with one attached hydrogen (secondary N) is 2. The van der Waals surface area contributed by atoms with Crippen LogP contribution in [0.3, 0.4) is 0 Å². The van der Waals surface area contributed by atoms with Crippen molar-refractivity contribution in [3.8, 4) is 28.6 Å². The second-order valence-corrected chi connectivity index (χ2v) is 8.79. The molecule has 0 atom stereocenters. The van der Waals surface area contributed by atoms with Gasteiger partial charge in [-0.15, -0.1) is 0 Å². The number of benzene rings is 3. The quantitative estimate of drug-likeness (QED) is 0.301. The molecule has 0 spiro atoms. The van der Waals surface area contributed by atoms with E-state index in [9.17, 15) is 18.8 Å². The summed E-state index contributed by atoms with van der Waals surface area (Å²) in [4.78, 5) is 20.6. The summed E-state index contributed by atoms with van der Waals surface area (Å²) in [6.07, 6.45) is -0.332. The van der Waals surface area contributed by atoms with Gasteiger partial charge in [-0.25, -0.2) is 13.8 Å². The molecule has 0 unspecified atom stereocenters. The summed E-state index contributed by atoms with van der Waals surface area (Å²) in [5, 5.41) is 12.4. The molecule has 0 radical (unpaired) electrons. The van der Waals surface area contributed by atoms with Gasteiger partial charge >= 0.3 is 0 Å². The van der Waals surface area contributed by atoms with Crippen molar-refractivity contribution >= 4 is 11.6 Å². The number of aromatic amines is 1. The van der Waals surface area contributed by atoms with Gasteiger partial charge in [0, 0.05) is 34.5 Å². The minimum Gasteiger partial charge on any atom is -0.341 e. The summed E-state index contributed by atoms with van der Waals surface area (Å²) >= 11 is 0. The zero-order valence-electron chi connectivity index (χ0n) is 20.5. The van der Waals surface area contributed by atoms with Crippen LogP contribution in [0.2, 0.25) is 0 Å². The number of rotatable bonds is 6. The summed E-state index contributed by atoms with van der Waals surface area (Å²) in [6, 6.07) is 19.3. The van der Waals surface area contributed by atoms with Crippen LogP contribution >= 0.6 is 0 Å². The highest BCUT2D eigenvalue weighted by molar-refractivity contribution is 6.04. The number of carbonyl (C=O) groups excluding carboxylic acids is 1. The number of hydrogen-bond donors (Lipinski definition) is 2. The number of alkyl halides is 2. The number of H-pyrrole nitrogens is 1. The van der Waals surface area contributed by atoms with Gasteiger partial charge in [0.25, 0.3) is 11.8 Å². The summed E-state index contributed by atoms with van der Waals surface area (Å²) in [6.45, 7) is 7.14. The Kier molecular flexibility index (Phi) is 6.71. The molecule has 7 heteroatoms. The van der Waals surface area contributed by atoms with Crippen LogP contribution in [0.5, 0.6) is 0 Å². The molecule has 1 aromatic heterocycles. The Morgan fingerprint density at radius 2 is 1.75 bits per heavy atom. The normalized spacial score (nSPS) is 11.2. The summed E-state index contributed by atoms with van der Waals surface area (Å²) in [5.41, 5.74) is 5.96. The maximum absolute atomic E-state index is 14.1. The van der Waals surface area contributed by atoms with Crippen molar-refractivity contribution in [2.45, 2.75) is 40.0 Å². The van der Waals surface area contributed by atoms with E-state index in [0.717, 1.165) is 27.8 Å². The van der Waals surface area contributed by atoms with Gasteiger partial charge < -0.3 is 10.3 Å². The molecular weight excluding hydrogens is 458 g/mol. The lowest BCUT2D eigenvalue weighted by Gasteiger charge is -2.15. The topological polar surface area (TPSA) is 81.6 Å². The minimum atomic E-state index is -2.97. The SMILES string of the molecule is CCC(F)(F)c1cccc(NC(=O)c2nc(-c3ccc(C#N)c(-c4c(C)cccc4C)c3)[nH]c2C)c1. The molecular formula is C29H26F2N4O. The third-order valence-electron chi connectivity index (χ3n) is 6.25. The van der Waals surface area contributed by atoms with E-state index in [2.05, 4.69) is 21.4 Å². The molecule has 1 heterocycles. The predicted octanol–water partition coefficient (Wildman–Crippen LogP) is 7.29. The molecule has 0 aliphatic rings. The van der Waals surface area contributed by atoms with Crippen molar-refractivity contribution in [2.75, 3.05) is 5.32 Å². The fraction of sp³-hybridized carbons (Fsp3) is 0.207. The van der Waals surface area contributed by atoms with Gasteiger partial charge in [0.2, 0.25) is 0 Å². The van der Waals surface area contributed by atoms with Gasteiger partial charge in [-0.2, -0.15) is 5.26 Å². The molecule has 36 heavy (non-hydrogen) atoms. The maximum Gasteiger partial charge on any atom is 0.276 e. The number of nitrogens with zero attached hydrogens (tertiary/aromatic N) is 2. The first-order valence-corrected chi connectivity index (χ1v) is 11.6. The molecule has 0 bridgehead atoms. The van der Waals surface area contributed by atoms with Crippen LogP contribution in [-0.4, -0.2) is 15.9 Å². The number of anilines is 1. The Hall–Kier alpha value is -4.31. The Morgan fingerprint density at radius 1 is 1.06 bits per heavy atom.